The van der Waals surface area contributed by atoms with E-state index in [4.69, 9.17) is 4.52 Å². The molecule has 1 aliphatic rings. The maximum Gasteiger partial charge on any atom is 0.231 e. The number of H-pyrrole nitrogens is 1. The van der Waals surface area contributed by atoms with Crippen molar-refractivity contribution in [2.24, 2.45) is 0 Å². The van der Waals surface area contributed by atoms with Gasteiger partial charge in [-0.2, -0.15) is 4.98 Å². The lowest BCUT2D eigenvalue weighted by Gasteiger charge is -2.16. The zero-order valence-electron chi connectivity index (χ0n) is 15.6. The monoisotopic (exact) mass is 390 g/mol. The summed E-state index contributed by atoms with van der Waals surface area (Å²) in [4.78, 5) is 21.8. The molecule has 1 aliphatic heterocycles. The quantitative estimate of drug-likeness (QED) is 0.562. The highest BCUT2D eigenvalue weighted by Gasteiger charge is 2.34. The molecule has 0 bridgehead atoms. The van der Waals surface area contributed by atoms with Crippen LogP contribution in [0.5, 0.6) is 0 Å². The first-order valence-corrected chi connectivity index (χ1v) is 9.56. The van der Waals surface area contributed by atoms with Gasteiger partial charge in [0.2, 0.25) is 11.8 Å². The Hall–Kier alpha value is -3.48. The van der Waals surface area contributed by atoms with Crippen LogP contribution in [-0.4, -0.2) is 32.5 Å². The third-order valence-corrected chi connectivity index (χ3v) is 5.40. The Kier molecular flexibility index (Phi) is 4.35. The molecule has 29 heavy (non-hydrogen) atoms. The van der Waals surface area contributed by atoms with Crippen LogP contribution >= 0.6 is 0 Å². The Morgan fingerprint density at radius 1 is 1.14 bits per heavy atom. The van der Waals surface area contributed by atoms with E-state index in [1.54, 1.807) is 23.1 Å². The lowest BCUT2D eigenvalue weighted by molar-refractivity contribution is -0.128. The van der Waals surface area contributed by atoms with E-state index in [0.29, 0.717) is 36.7 Å². The predicted octanol–water partition coefficient (Wildman–Crippen LogP) is 3.80. The highest BCUT2D eigenvalue weighted by Crippen LogP contribution is 2.28. The molecule has 6 nitrogen and oxygen atoms in total. The fourth-order valence-electron chi connectivity index (χ4n) is 3.88. The van der Waals surface area contributed by atoms with Gasteiger partial charge < -0.3 is 14.4 Å². The van der Waals surface area contributed by atoms with Crippen LogP contribution in [0.3, 0.4) is 0 Å². The highest BCUT2D eigenvalue weighted by molar-refractivity contribution is 5.83. The van der Waals surface area contributed by atoms with Crippen molar-refractivity contribution >= 4 is 16.8 Å². The van der Waals surface area contributed by atoms with E-state index in [9.17, 15) is 9.18 Å². The maximum absolute atomic E-state index is 13.9. The molecule has 3 heterocycles. The summed E-state index contributed by atoms with van der Waals surface area (Å²) >= 11 is 0. The molecule has 0 aliphatic carbocycles. The minimum Gasteiger partial charge on any atom is -0.361 e. The van der Waals surface area contributed by atoms with E-state index in [1.165, 1.54) is 6.07 Å². The van der Waals surface area contributed by atoms with E-state index in [0.717, 1.165) is 16.5 Å². The average Bonchev–Trinajstić information content (AvgIpc) is 3.44. The van der Waals surface area contributed by atoms with E-state index >= 15 is 0 Å². The molecule has 1 unspecified atom stereocenters. The molecular formula is C22H19FN4O2. The van der Waals surface area contributed by atoms with Crippen molar-refractivity contribution in [1.82, 2.24) is 20.0 Å². The molecule has 146 valence electrons. The summed E-state index contributed by atoms with van der Waals surface area (Å²) in [5.74, 6) is 0.578. The van der Waals surface area contributed by atoms with E-state index in [-0.39, 0.29) is 24.2 Å². The van der Waals surface area contributed by atoms with Crippen LogP contribution in [0, 0.1) is 5.82 Å². The van der Waals surface area contributed by atoms with E-state index in [1.807, 2.05) is 24.4 Å². The fourth-order valence-corrected chi connectivity index (χ4v) is 3.88. The van der Waals surface area contributed by atoms with Gasteiger partial charge in [-0.25, -0.2) is 4.39 Å². The van der Waals surface area contributed by atoms with Crippen LogP contribution in [0.4, 0.5) is 4.39 Å². The second-order valence-electron chi connectivity index (χ2n) is 7.35. The number of halogens is 1. The number of rotatable bonds is 5. The molecule has 4 aromatic rings. The van der Waals surface area contributed by atoms with Gasteiger partial charge in [-0.1, -0.05) is 41.6 Å². The Balaban J connectivity index is 1.29. The first-order chi connectivity index (χ1) is 14.2. The Bertz CT molecular complexity index is 1180. The minimum atomic E-state index is -0.302. The third kappa shape index (κ3) is 3.40. The summed E-state index contributed by atoms with van der Waals surface area (Å²) < 4.78 is 19.3. The number of carbonyl (C=O) groups excluding carboxylic acids is 1. The first-order valence-electron chi connectivity index (χ1n) is 9.56. The topological polar surface area (TPSA) is 75.0 Å². The van der Waals surface area contributed by atoms with Gasteiger partial charge in [-0.05, 0) is 17.7 Å². The average molecular weight is 390 g/mol. The van der Waals surface area contributed by atoms with Crippen LogP contribution in [0.2, 0.25) is 0 Å². The first kappa shape index (κ1) is 17.6. The Morgan fingerprint density at radius 2 is 1.97 bits per heavy atom. The summed E-state index contributed by atoms with van der Waals surface area (Å²) in [6, 6.07) is 14.6. The van der Waals surface area contributed by atoms with Crippen molar-refractivity contribution in [1.29, 1.82) is 0 Å². The van der Waals surface area contributed by atoms with E-state index < -0.39 is 0 Å². The van der Waals surface area contributed by atoms with Crippen LogP contribution in [-0.2, 0) is 17.8 Å². The second kappa shape index (κ2) is 7.16. The predicted molar refractivity (Wildman–Crippen MR) is 105 cm³/mol. The van der Waals surface area contributed by atoms with Gasteiger partial charge in [-0.15, -0.1) is 0 Å². The number of hydrogen-bond acceptors (Lipinski definition) is 4. The third-order valence-electron chi connectivity index (χ3n) is 5.40. The van der Waals surface area contributed by atoms with Crippen molar-refractivity contribution in [3.63, 3.8) is 0 Å². The molecule has 0 spiro atoms. The van der Waals surface area contributed by atoms with Crippen molar-refractivity contribution in [2.75, 3.05) is 6.54 Å². The largest absolute Gasteiger partial charge is 0.361 e. The molecule has 1 saturated heterocycles. The van der Waals surface area contributed by atoms with Crippen molar-refractivity contribution in [3.05, 3.63) is 83.4 Å². The molecule has 0 saturated carbocycles. The molecular weight excluding hydrogens is 371 g/mol. The number of para-hydroxylation sites is 1. The van der Waals surface area contributed by atoms with Gasteiger partial charge in [0.15, 0.2) is 5.82 Å². The lowest BCUT2D eigenvalue weighted by atomic mass is 10.1. The lowest BCUT2D eigenvalue weighted by Crippen LogP contribution is -2.25. The number of hydrogen-bond donors (Lipinski definition) is 1. The summed E-state index contributed by atoms with van der Waals surface area (Å²) in [5, 5.41) is 5.23. The minimum absolute atomic E-state index is 0.0266. The second-order valence-corrected chi connectivity index (χ2v) is 7.35. The molecule has 1 atom stereocenters. The number of likely N-dealkylation sites (tertiary alicyclic amines) is 1. The van der Waals surface area contributed by atoms with Crippen LogP contribution in [0.25, 0.3) is 10.9 Å². The van der Waals surface area contributed by atoms with Crippen LogP contribution in [0.1, 0.15) is 35.2 Å². The number of nitrogens with one attached hydrogen (secondary N) is 1. The summed E-state index contributed by atoms with van der Waals surface area (Å²) in [7, 11) is 0. The van der Waals surface area contributed by atoms with Crippen LogP contribution in [0.15, 0.2) is 59.3 Å². The zero-order chi connectivity index (χ0) is 19.8. The number of nitrogens with zero attached hydrogens (tertiary/aromatic N) is 3. The number of aromatic nitrogens is 3. The normalized spacial score (nSPS) is 16.8. The SMILES string of the molecule is O=C1CC(c2noc(Cc3c[nH]c4ccccc34)n2)CN1Cc1ccccc1F. The van der Waals surface area contributed by atoms with Gasteiger partial charge in [0.25, 0.3) is 0 Å². The molecule has 0 radical (unpaired) electrons. The van der Waals surface area contributed by atoms with Gasteiger partial charge >= 0.3 is 0 Å². The van der Waals surface area contributed by atoms with Crippen molar-refractivity contribution < 1.29 is 13.7 Å². The molecule has 7 heteroatoms. The van der Waals surface area contributed by atoms with Crippen molar-refractivity contribution in [2.45, 2.75) is 25.3 Å². The van der Waals surface area contributed by atoms with Gasteiger partial charge in [0, 0.05) is 48.1 Å². The fraction of sp³-hybridized carbons (Fsp3) is 0.227. The molecule has 1 N–H and O–H groups in total. The molecule has 1 fully saturated rings. The standard InChI is InChI=1S/C22H19FN4O2/c23-18-7-3-1-5-14(18)12-27-13-16(10-21(27)28)22-25-20(29-26-22)9-15-11-24-19-8-4-2-6-17(15)19/h1-8,11,16,24H,9-10,12-13H2. The number of fused-ring (bicyclic) bond motifs is 1. The Labute approximate surface area is 166 Å². The summed E-state index contributed by atoms with van der Waals surface area (Å²) in [6.07, 6.45) is 2.78. The van der Waals surface area contributed by atoms with Gasteiger partial charge in [-0.3, -0.25) is 4.79 Å². The number of amides is 1. The number of benzene rings is 2. The molecule has 2 aromatic carbocycles. The zero-order valence-corrected chi connectivity index (χ0v) is 15.6. The number of aromatic amines is 1. The molecule has 5 rings (SSSR count). The Morgan fingerprint density at radius 3 is 2.86 bits per heavy atom. The van der Waals surface area contributed by atoms with Gasteiger partial charge in [0.1, 0.15) is 5.82 Å². The highest BCUT2D eigenvalue weighted by atomic mass is 19.1. The maximum atomic E-state index is 13.9. The van der Waals surface area contributed by atoms with E-state index in [2.05, 4.69) is 21.2 Å². The van der Waals surface area contributed by atoms with Crippen LogP contribution < -0.4 is 0 Å². The molecule has 1 amide bonds. The summed E-state index contributed by atoms with van der Waals surface area (Å²) in [5.41, 5.74) is 2.65. The number of carbonyl (C=O) groups is 1. The summed E-state index contributed by atoms with van der Waals surface area (Å²) in [6.45, 7) is 0.710. The van der Waals surface area contributed by atoms with Crippen molar-refractivity contribution in [3.8, 4) is 0 Å². The molecule has 2 aromatic heterocycles. The smallest absolute Gasteiger partial charge is 0.231 e. The van der Waals surface area contributed by atoms with Gasteiger partial charge in [0.05, 0.1) is 6.42 Å².